The molecule has 2 rings (SSSR count). The summed E-state index contributed by atoms with van der Waals surface area (Å²) in [6.45, 7) is 6.99. The summed E-state index contributed by atoms with van der Waals surface area (Å²) in [7, 11) is 0. The molecule has 2 aliphatic rings. The fourth-order valence-electron chi connectivity index (χ4n) is 1.85. The molecule has 2 saturated heterocycles. The Labute approximate surface area is 79.8 Å². The lowest BCUT2D eigenvalue weighted by Crippen LogP contribution is -2.50. The first-order valence-electron chi connectivity index (χ1n) is 5.17. The van der Waals surface area contributed by atoms with E-state index in [1.165, 1.54) is 12.8 Å². The predicted molar refractivity (Wildman–Crippen MR) is 50.8 cm³/mol. The fraction of sp³-hybridized carbons (Fsp3) is 1.00. The first-order valence-corrected chi connectivity index (χ1v) is 5.17. The molecular weight excluding hydrogens is 166 g/mol. The van der Waals surface area contributed by atoms with Crippen molar-refractivity contribution in [2.45, 2.75) is 25.8 Å². The van der Waals surface area contributed by atoms with Crippen LogP contribution in [-0.2, 0) is 9.47 Å². The Balaban J connectivity index is 1.66. The van der Waals surface area contributed by atoms with Gasteiger partial charge in [-0.2, -0.15) is 0 Å². The lowest BCUT2D eigenvalue weighted by Gasteiger charge is -2.39. The maximum atomic E-state index is 5.41. The van der Waals surface area contributed by atoms with Gasteiger partial charge in [-0.25, -0.2) is 0 Å². The molecule has 0 aromatic carbocycles. The molecule has 0 aromatic rings. The van der Waals surface area contributed by atoms with Crippen molar-refractivity contribution in [2.24, 2.45) is 5.41 Å². The highest BCUT2D eigenvalue weighted by Crippen LogP contribution is 2.25. The summed E-state index contributed by atoms with van der Waals surface area (Å²) in [4.78, 5) is 0. The number of hydrogen-bond acceptors (Lipinski definition) is 3. The zero-order chi connectivity index (χ0) is 9.15. The van der Waals surface area contributed by atoms with E-state index < -0.39 is 0 Å². The summed E-state index contributed by atoms with van der Waals surface area (Å²) in [5.74, 6) is 0. The van der Waals surface area contributed by atoms with Crippen LogP contribution in [0, 0.1) is 5.41 Å². The first kappa shape index (κ1) is 9.44. The number of nitrogens with one attached hydrogen (secondary N) is 1. The molecule has 1 N–H and O–H groups in total. The summed E-state index contributed by atoms with van der Waals surface area (Å²) in [6.07, 6.45) is 2.46. The summed E-state index contributed by atoms with van der Waals surface area (Å²) >= 11 is 0. The van der Waals surface area contributed by atoms with Crippen LogP contribution in [0.15, 0.2) is 0 Å². The summed E-state index contributed by atoms with van der Waals surface area (Å²) in [5, 5.41) is 3.56. The quantitative estimate of drug-likeness (QED) is 0.705. The van der Waals surface area contributed by atoms with E-state index in [-0.39, 0.29) is 0 Å². The average Bonchev–Trinajstić information content (AvgIpc) is 2.13. The summed E-state index contributed by atoms with van der Waals surface area (Å²) < 4.78 is 10.6. The predicted octanol–water partition coefficient (Wildman–Crippen LogP) is 0.791. The van der Waals surface area contributed by atoms with Crippen molar-refractivity contribution >= 4 is 0 Å². The van der Waals surface area contributed by atoms with Crippen molar-refractivity contribution in [1.29, 1.82) is 0 Å². The van der Waals surface area contributed by atoms with Crippen molar-refractivity contribution < 1.29 is 9.47 Å². The molecule has 2 aliphatic heterocycles. The van der Waals surface area contributed by atoms with Gasteiger partial charge in [-0.05, 0) is 12.8 Å². The highest BCUT2D eigenvalue weighted by Gasteiger charge is 2.33. The summed E-state index contributed by atoms with van der Waals surface area (Å²) in [5.41, 5.74) is 0.386. The molecule has 2 fully saturated rings. The minimum absolute atomic E-state index is 0.386. The second kappa shape index (κ2) is 3.95. The van der Waals surface area contributed by atoms with Crippen LogP contribution >= 0.6 is 0 Å². The molecule has 13 heavy (non-hydrogen) atoms. The Morgan fingerprint density at radius 1 is 1.38 bits per heavy atom. The molecule has 0 bridgehead atoms. The number of hydrogen-bond donors (Lipinski definition) is 1. The topological polar surface area (TPSA) is 30.5 Å². The monoisotopic (exact) mass is 185 g/mol. The van der Waals surface area contributed by atoms with Crippen LogP contribution < -0.4 is 5.32 Å². The van der Waals surface area contributed by atoms with E-state index >= 15 is 0 Å². The zero-order valence-electron chi connectivity index (χ0n) is 8.34. The fourth-order valence-corrected chi connectivity index (χ4v) is 1.85. The highest BCUT2D eigenvalue weighted by molar-refractivity contribution is 4.84. The normalized spacial score (nSPS) is 32.5. The second-order valence-corrected chi connectivity index (χ2v) is 4.60. The first-order chi connectivity index (χ1) is 6.29. The number of ether oxygens (including phenoxy) is 2. The SMILES string of the molecule is CC1(CN[C@H]2CCCOC2)COC1. The van der Waals surface area contributed by atoms with Crippen molar-refractivity contribution in [3.05, 3.63) is 0 Å². The van der Waals surface area contributed by atoms with Crippen molar-refractivity contribution in [2.75, 3.05) is 33.0 Å². The standard InChI is InChI=1S/C10H19NO2/c1-10(7-13-8-10)6-11-9-3-2-4-12-5-9/h9,11H,2-8H2,1H3/t9-/m0/s1. The van der Waals surface area contributed by atoms with Crippen LogP contribution in [0.5, 0.6) is 0 Å². The van der Waals surface area contributed by atoms with Gasteiger partial charge in [0.1, 0.15) is 0 Å². The second-order valence-electron chi connectivity index (χ2n) is 4.60. The van der Waals surface area contributed by atoms with Crippen LogP contribution in [0.4, 0.5) is 0 Å². The third kappa shape index (κ3) is 2.42. The minimum Gasteiger partial charge on any atom is -0.380 e. The average molecular weight is 185 g/mol. The smallest absolute Gasteiger partial charge is 0.0619 e. The van der Waals surface area contributed by atoms with E-state index in [2.05, 4.69) is 12.2 Å². The molecule has 0 aliphatic carbocycles. The van der Waals surface area contributed by atoms with E-state index in [0.717, 1.165) is 33.0 Å². The number of rotatable bonds is 3. The molecule has 1 atom stereocenters. The Hall–Kier alpha value is -0.120. The maximum absolute atomic E-state index is 5.41. The van der Waals surface area contributed by atoms with Gasteiger partial charge in [-0.1, -0.05) is 6.92 Å². The maximum Gasteiger partial charge on any atom is 0.0619 e. The highest BCUT2D eigenvalue weighted by atomic mass is 16.5. The van der Waals surface area contributed by atoms with Gasteiger partial charge in [0.05, 0.1) is 19.8 Å². The zero-order valence-corrected chi connectivity index (χ0v) is 8.34. The third-order valence-corrected chi connectivity index (χ3v) is 2.88. The Morgan fingerprint density at radius 3 is 2.77 bits per heavy atom. The van der Waals surface area contributed by atoms with Crippen LogP contribution in [0.3, 0.4) is 0 Å². The minimum atomic E-state index is 0.386. The third-order valence-electron chi connectivity index (χ3n) is 2.88. The van der Waals surface area contributed by atoms with Gasteiger partial charge in [0, 0.05) is 24.6 Å². The molecule has 0 amide bonds. The Morgan fingerprint density at radius 2 is 2.23 bits per heavy atom. The Kier molecular flexibility index (Phi) is 2.86. The largest absolute Gasteiger partial charge is 0.380 e. The van der Waals surface area contributed by atoms with Crippen LogP contribution in [0.2, 0.25) is 0 Å². The lowest BCUT2D eigenvalue weighted by atomic mass is 9.88. The van der Waals surface area contributed by atoms with Gasteiger partial charge in [-0.15, -0.1) is 0 Å². The molecule has 2 heterocycles. The van der Waals surface area contributed by atoms with Crippen molar-refractivity contribution in [3.63, 3.8) is 0 Å². The molecule has 0 aromatic heterocycles. The van der Waals surface area contributed by atoms with Crippen LogP contribution in [0.1, 0.15) is 19.8 Å². The van der Waals surface area contributed by atoms with Crippen LogP contribution in [-0.4, -0.2) is 39.0 Å². The molecule has 76 valence electrons. The van der Waals surface area contributed by atoms with Crippen molar-refractivity contribution in [1.82, 2.24) is 5.32 Å². The van der Waals surface area contributed by atoms with Crippen molar-refractivity contribution in [3.8, 4) is 0 Å². The molecule has 0 radical (unpaired) electrons. The molecule has 0 saturated carbocycles. The van der Waals surface area contributed by atoms with Crippen LogP contribution in [0.25, 0.3) is 0 Å². The van der Waals surface area contributed by atoms with Gasteiger partial charge in [0.15, 0.2) is 0 Å². The van der Waals surface area contributed by atoms with E-state index in [0.29, 0.717) is 11.5 Å². The lowest BCUT2D eigenvalue weighted by molar-refractivity contribution is -0.101. The van der Waals surface area contributed by atoms with Gasteiger partial charge in [0.2, 0.25) is 0 Å². The van der Waals surface area contributed by atoms with Gasteiger partial charge in [-0.3, -0.25) is 0 Å². The Bertz CT molecular complexity index is 162. The van der Waals surface area contributed by atoms with Gasteiger partial charge < -0.3 is 14.8 Å². The van der Waals surface area contributed by atoms with E-state index in [1.807, 2.05) is 0 Å². The summed E-state index contributed by atoms with van der Waals surface area (Å²) in [6, 6.07) is 0.575. The molecular formula is C10H19NO2. The van der Waals surface area contributed by atoms with Gasteiger partial charge >= 0.3 is 0 Å². The van der Waals surface area contributed by atoms with E-state index in [1.54, 1.807) is 0 Å². The van der Waals surface area contributed by atoms with Gasteiger partial charge in [0.25, 0.3) is 0 Å². The molecule has 3 heteroatoms. The molecule has 3 nitrogen and oxygen atoms in total. The van der Waals surface area contributed by atoms with E-state index in [4.69, 9.17) is 9.47 Å². The molecule has 0 spiro atoms. The van der Waals surface area contributed by atoms with E-state index in [9.17, 15) is 0 Å². The molecule has 0 unspecified atom stereocenters.